The first-order chi connectivity index (χ1) is 15.4. The van der Waals surface area contributed by atoms with E-state index in [0.717, 1.165) is 21.3 Å². The van der Waals surface area contributed by atoms with Gasteiger partial charge in [-0.25, -0.2) is 0 Å². The highest BCUT2D eigenvalue weighted by Crippen LogP contribution is 2.30. The van der Waals surface area contributed by atoms with Crippen LogP contribution in [0.3, 0.4) is 0 Å². The number of amides is 1. The second-order valence-corrected chi connectivity index (χ2v) is 8.67. The standard InChI is InChI=1S/C23H24N4O4S/c1-4-7-26-20-12-15(2)16(3)13-21(20)32-23(26)24-22(28)17-5-6-18(19(14-17)27(29)30)25-8-10-31-11-9-25/h4-6,12-14H,1,7-11H2,2-3H3. The third-order valence-electron chi connectivity index (χ3n) is 5.58. The third-order valence-corrected chi connectivity index (χ3v) is 6.62. The predicted molar refractivity (Wildman–Crippen MR) is 126 cm³/mol. The van der Waals surface area contributed by atoms with E-state index in [9.17, 15) is 14.9 Å². The summed E-state index contributed by atoms with van der Waals surface area (Å²) < 4.78 is 8.29. The summed E-state index contributed by atoms with van der Waals surface area (Å²) in [5.74, 6) is -0.514. The van der Waals surface area contributed by atoms with E-state index in [1.807, 2.05) is 23.3 Å². The van der Waals surface area contributed by atoms with Crippen molar-refractivity contribution >= 4 is 38.8 Å². The van der Waals surface area contributed by atoms with Crippen LogP contribution in [0.5, 0.6) is 0 Å². The Bertz CT molecular complexity index is 1290. The number of morpholine rings is 1. The van der Waals surface area contributed by atoms with Crippen molar-refractivity contribution in [3.63, 3.8) is 0 Å². The summed E-state index contributed by atoms with van der Waals surface area (Å²) in [6, 6.07) is 8.71. The van der Waals surface area contributed by atoms with Crippen molar-refractivity contribution in [2.24, 2.45) is 4.99 Å². The topological polar surface area (TPSA) is 90.0 Å². The average molecular weight is 453 g/mol. The lowest BCUT2D eigenvalue weighted by molar-refractivity contribution is -0.384. The van der Waals surface area contributed by atoms with Gasteiger partial charge in [-0.3, -0.25) is 14.9 Å². The zero-order valence-corrected chi connectivity index (χ0v) is 18.9. The van der Waals surface area contributed by atoms with Gasteiger partial charge in [0.05, 0.1) is 28.4 Å². The predicted octanol–water partition coefficient (Wildman–Crippen LogP) is 3.99. The molecule has 1 saturated heterocycles. The highest BCUT2D eigenvalue weighted by molar-refractivity contribution is 7.16. The van der Waals surface area contributed by atoms with Gasteiger partial charge in [-0.2, -0.15) is 4.99 Å². The van der Waals surface area contributed by atoms with Gasteiger partial charge in [0, 0.05) is 31.3 Å². The van der Waals surface area contributed by atoms with E-state index in [0.29, 0.717) is 43.3 Å². The van der Waals surface area contributed by atoms with Gasteiger partial charge in [-0.05, 0) is 49.2 Å². The minimum atomic E-state index is -0.514. The number of fused-ring (bicyclic) bond motifs is 1. The molecule has 0 radical (unpaired) electrons. The molecule has 2 aromatic carbocycles. The van der Waals surface area contributed by atoms with Gasteiger partial charge in [0.1, 0.15) is 5.69 Å². The van der Waals surface area contributed by atoms with Crippen molar-refractivity contribution < 1.29 is 14.5 Å². The maximum absolute atomic E-state index is 13.0. The number of hydrogen-bond donors (Lipinski definition) is 0. The number of nitrogens with zero attached hydrogens (tertiary/aromatic N) is 4. The highest BCUT2D eigenvalue weighted by atomic mass is 32.1. The summed E-state index contributed by atoms with van der Waals surface area (Å²) in [4.78, 5) is 31.0. The Morgan fingerprint density at radius 2 is 1.97 bits per heavy atom. The van der Waals surface area contributed by atoms with Crippen LogP contribution in [0.25, 0.3) is 10.2 Å². The minimum Gasteiger partial charge on any atom is -0.378 e. The van der Waals surface area contributed by atoms with E-state index >= 15 is 0 Å². The Hall–Kier alpha value is -3.30. The highest BCUT2D eigenvalue weighted by Gasteiger charge is 2.23. The largest absolute Gasteiger partial charge is 0.378 e. The molecule has 0 spiro atoms. The van der Waals surface area contributed by atoms with Crippen molar-refractivity contribution in [2.75, 3.05) is 31.2 Å². The Morgan fingerprint density at radius 1 is 1.25 bits per heavy atom. The average Bonchev–Trinajstić information content (AvgIpc) is 3.10. The molecule has 2 heterocycles. The monoisotopic (exact) mass is 452 g/mol. The lowest BCUT2D eigenvalue weighted by atomic mass is 10.1. The first-order valence-electron chi connectivity index (χ1n) is 10.3. The number of benzene rings is 2. The number of aryl methyl sites for hydroxylation is 2. The van der Waals surface area contributed by atoms with E-state index < -0.39 is 10.8 Å². The molecule has 1 aliphatic heterocycles. The molecule has 4 rings (SSSR count). The summed E-state index contributed by atoms with van der Waals surface area (Å²) in [6.45, 7) is 10.6. The van der Waals surface area contributed by atoms with Gasteiger partial charge in [0.15, 0.2) is 4.80 Å². The number of thiazole rings is 1. The fourth-order valence-electron chi connectivity index (χ4n) is 3.74. The number of nitro benzene ring substituents is 1. The van der Waals surface area contributed by atoms with Gasteiger partial charge in [-0.1, -0.05) is 17.4 Å². The molecule has 166 valence electrons. The molecule has 3 aromatic rings. The van der Waals surface area contributed by atoms with Gasteiger partial charge in [-0.15, -0.1) is 6.58 Å². The fourth-order valence-corrected chi connectivity index (χ4v) is 4.86. The maximum atomic E-state index is 13.0. The maximum Gasteiger partial charge on any atom is 0.293 e. The van der Waals surface area contributed by atoms with Crippen molar-refractivity contribution in [2.45, 2.75) is 20.4 Å². The molecule has 1 aliphatic rings. The summed E-state index contributed by atoms with van der Waals surface area (Å²) in [7, 11) is 0. The SMILES string of the molecule is C=CCn1c(=NC(=O)c2ccc(N3CCOCC3)c([N+](=O)[O-])c2)sc2cc(C)c(C)cc21. The number of carbonyl (C=O) groups is 1. The number of ether oxygens (including phenoxy) is 1. The van der Waals surface area contributed by atoms with Crippen molar-refractivity contribution in [3.05, 3.63) is 74.6 Å². The van der Waals surface area contributed by atoms with Crippen LogP contribution in [-0.4, -0.2) is 41.7 Å². The quantitative estimate of drug-likeness (QED) is 0.332. The first-order valence-corrected chi connectivity index (χ1v) is 11.1. The van der Waals surface area contributed by atoms with E-state index in [2.05, 4.69) is 23.7 Å². The number of allylic oxidation sites excluding steroid dienone is 1. The molecule has 0 N–H and O–H groups in total. The second kappa shape index (κ2) is 9.05. The molecule has 0 saturated carbocycles. The summed E-state index contributed by atoms with van der Waals surface area (Å²) >= 11 is 1.42. The van der Waals surface area contributed by atoms with Crippen molar-refractivity contribution in [3.8, 4) is 0 Å². The number of aromatic nitrogens is 1. The van der Waals surface area contributed by atoms with Gasteiger partial charge >= 0.3 is 0 Å². The van der Waals surface area contributed by atoms with Crippen LogP contribution >= 0.6 is 11.3 Å². The van der Waals surface area contributed by atoms with Crippen LogP contribution in [0.2, 0.25) is 0 Å². The third kappa shape index (κ3) is 4.21. The van der Waals surface area contributed by atoms with E-state index in [1.54, 1.807) is 18.2 Å². The molecule has 0 atom stereocenters. The molecular formula is C23H24N4O4S. The molecule has 1 fully saturated rings. The molecule has 9 heteroatoms. The molecular weight excluding hydrogens is 428 g/mol. The smallest absolute Gasteiger partial charge is 0.293 e. The Kier molecular flexibility index (Phi) is 6.20. The number of rotatable bonds is 5. The molecule has 0 unspecified atom stereocenters. The lowest BCUT2D eigenvalue weighted by Gasteiger charge is -2.28. The number of carbonyl (C=O) groups excluding carboxylic acids is 1. The molecule has 1 aromatic heterocycles. The fraction of sp³-hybridized carbons (Fsp3) is 0.304. The van der Waals surface area contributed by atoms with Crippen LogP contribution in [-0.2, 0) is 11.3 Å². The van der Waals surface area contributed by atoms with Crippen LogP contribution < -0.4 is 9.70 Å². The van der Waals surface area contributed by atoms with Crippen LogP contribution in [0.4, 0.5) is 11.4 Å². The van der Waals surface area contributed by atoms with Crippen LogP contribution in [0.1, 0.15) is 21.5 Å². The molecule has 1 amide bonds. The zero-order valence-electron chi connectivity index (χ0n) is 18.0. The lowest BCUT2D eigenvalue weighted by Crippen LogP contribution is -2.36. The van der Waals surface area contributed by atoms with Crippen LogP contribution in [0, 0.1) is 24.0 Å². The molecule has 32 heavy (non-hydrogen) atoms. The zero-order chi connectivity index (χ0) is 22.8. The van der Waals surface area contributed by atoms with Gasteiger partial charge < -0.3 is 14.2 Å². The molecule has 0 aliphatic carbocycles. The molecule has 0 bridgehead atoms. The Morgan fingerprint density at radius 3 is 2.66 bits per heavy atom. The van der Waals surface area contributed by atoms with Crippen molar-refractivity contribution in [1.82, 2.24) is 4.57 Å². The van der Waals surface area contributed by atoms with E-state index in [-0.39, 0.29) is 11.3 Å². The Balaban J connectivity index is 1.77. The summed E-state index contributed by atoms with van der Waals surface area (Å²) in [5.41, 5.74) is 3.87. The first kappa shape index (κ1) is 21.9. The second-order valence-electron chi connectivity index (χ2n) is 7.67. The minimum absolute atomic E-state index is 0.102. The van der Waals surface area contributed by atoms with E-state index in [4.69, 9.17) is 4.74 Å². The number of hydrogen-bond acceptors (Lipinski definition) is 6. The normalized spacial score (nSPS) is 14.7. The van der Waals surface area contributed by atoms with Crippen molar-refractivity contribution in [1.29, 1.82) is 0 Å². The Labute approximate surface area is 189 Å². The summed E-state index contributed by atoms with van der Waals surface area (Å²) in [6.07, 6.45) is 1.76. The van der Waals surface area contributed by atoms with Gasteiger partial charge in [0.2, 0.25) is 0 Å². The summed E-state index contributed by atoms with van der Waals surface area (Å²) in [5, 5.41) is 11.7. The van der Waals surface area contributed by atoms with Gasteiger partial charge in [0.25, 0.3) is 11.6 Å². The van der Waals surface area contributed by atoms with E-state index in [1.165, 1.54) is 17.4 Å². The molecule has 8 nitrogen and oxygen atoms in total. The number of nitro groups is 1. The number of anilines is 1. The van der Waals surface area contributed by atoms with Crippen LogP contribution in [0.15, 0.2) is 48.0 Å².